The lowest BCUT2D eigenvalue weighted by Crippen LogP contribution is -2.47. The molecule has 0 spiro atoms. The second-order valence-electron chi connectivity index (χ2n) is 4.69. The topological polar surface area (TPSA) is 56.4 Å². The van der Waals surface area contributed by atoms with Gasteiger partial charge in [0.2, 0.25) is 0 Å². The van der Waals surface area contributed by atoms with Crippen LogP contribution in [0.4, 0.5) is 0 Å². The van der Waals surface area contributed by atoms with Crippen molar-refractivity contribution in [2.45, 2.75) is 13.3 Å². The second-order valence-corrected chi connectivity index (χ2v) is 5.10. The number of carbonyl (C=O) groups is 1. The Morgan fingerprint density at radius 1 is 1.20 bits per heavy atom. The van der Waals surface area contributed by atoms with Gasteiger partial charge in [0.05, 0.1) is 0 Å². The first-order chi connectivity index (χ1) is 9.52. The Kier molecular flexibility index (Phi) is 6.97. The molecular weight excluding hydrogens is 272 g/mol. The normalized spacial score (nSPS) is 10.2. The summed E-state index contributed by atoms with van der Waals surface area (Å²) < 4.78 is 0. The summed E-state index contributed by atoms with van der Waals surface area (Å²) in [5.41, 5.74) is 7.06. The van der Waals surface area contributed by atoms with Gasteiger partial charge in [-0.05, 0) is 50.4 Å². The Bertz CT molecular complexity index is 445. The predicted molar refractivity (Wildman–Crippen MR) is 85.6 cm³/mol. The monoisotopic (exact) mass is 294 g/mol. The summed E-state index contributed by atoms with van der Waals surface area (Å²) in [4.78, 5) is 13.9. The maximum atomic E-state index is 11.9. The number of aryl methyl sites for hydroxylation is 1. The molecule has 0 atom stereocenters. The van der Waals surface area contributed by atoms with Gasteiger partial charge in [0, 0.05) is 18.7 Å². The van der Waals surface area contributed by atoms with Crippen LogP contribution in [0.2, 0.25) is 0 Å². The highest BCUT2D eigenvalue weighted by Gasteiger charge is 2.05. The Labute approximate surface area is 125 Å². The number of hydrogen-bond donors (Lipinski definition) is 3. The van der Waals surface area contributed by atoms with Crippen molar-refractivity contribution >= 4 is 23.2 Å². The van der Waals surface area contributed by atoms with Gasteiger partial charge >= 0.3 is 0 Å². The number of benzene rings is 1. The first kappa shape index (κ1) is 16.4. The van der Waals surface area contributed by atoms with Gasteiger partial charge in [-0.3, -0.25) is 15.6 Å². The molecule has 5 nitrogen and oxygen atoms in total. The van der Waals surface area contributed by atoms with Gasteiger partial charge in [0.25, 0.3) is 5.91 Å². The molecule has 1 rings (SSSR count). The van der Waals surface area contributed by atoms with Crippen LogP contribution in [0, 0.1) is 0 Å². The van der Waals surface area contributed by atoms with E-state index in [2.05, 4.69) is 23.1 Å². The van der Waals surface area contributed by atoms with E-state index in [4.69, 9.17) is 12.2 Å². The van der Waals surface area contributed by atoms with Gasteiger partial charge in [-0.2, -0.15) is 0 Å². The quantitative estimate of drug-likeness (QED) is 0.557. The third-order valence-corrected chi connectivity index (χ3v) is 3.00. The van der Waals surface area contributed by atoms with Gasteiger partial charge < -0.3 is 10.2 Å². The van der Waals surface area contributed by atoms with Crippen LogP contribution in [0.1, 0.15) is 22.8 Å². The zero-order valence-corrected chi connectivity index (χ0v) is 13.0. The summed E-state index contributed by atoms with van der Waals surface area (Å²) in [5, 5.41) is 3.41. The summed E-state index contributed by atoms with van der Waals surface area (Å²) in [6, 6.07) is 7.50. The fraction of sp³-hybridized carbons (Fsp3) is 0.429. The van der Waals surface area contributed by atoms with E-state index in [9.17, 15) is 4.79 Å². The summed E-state index contributed by atoms with van der Waals surface area (Å²) >= 11 is 5.06. The number of carbonyl (C=O) groups excluding carboxylic acids is 1. The largest absolute Gasteiger partial charge is 0.360 e. The third kappa shape index (κ3) is 5.99. The van der Waals surface area contributed by atoms with Crippen LogP contribution < -0.4 is 16.2 Å². The summed E-state index contributed by atoms with van der Waals surface area (Å²) in [5.74, 6) is -0.204. The molecular formula is C14H22N4OS. The number of nitrogens with zero attached hydrogens (tertiary/aromatic N) is 1. The van der Waals surface area contributed by atoms with Gasteiger partial charge in [-0.25, -0.2) is 0 Å². The smallest absolute Gasteiger partial charge is 0.269 e. The summed E-state index contributed by atoms with van der Waals surface area (Å²) in [6.45, 7) is 3.67. The van der Waals surface area contributed by atoms with Crippen molar-refractivity contribution in [1.82, 2.24) is 21.1 Å². The van der Waals surface area contributed by atoms with Crippen molar-refractivity contribution in [3.63, 3.8) is 0 Å². The predicted octanol–water partition coefficient (Wildman–Crippen LogP) is 0.920. The molecule has 0 aliphatic carbocycles. The first-order valence-electron chi connectivity index (χ1n) is 6.60. The highest BCUT2D eigenvalue weighted by atomic mass is 32.1. The van der Waals surface area contributed by atoms with Gasteiger partial charge in [0.15, 0.2) is 5.11 Å². The van der Waals surface area contributed by atoms with Crippen LogP contribution in [0.25, 0.3) is 0 Å². The molecule has 0 radical (unpaired) electrons. The molecule has 0 fully saturated rings. The van der Waals surface area contributed by atoms with Gasteiger partial charge in [-0.1, -0.05) is 19.1 Å². The van der Waals surface area contributed by atoms with Crippen LogP contribution >= 0.6 is 12.2 Å². The Morgan fingerprint density at radius 2 is 1.85 bits per heavy atom. The molecule has 0 unspecified atom stereocenters. The zero-order chi connectivity index (χ0) is 15.0. The molecule has 1 aromatic carbocycles. The first-order valence-corrected chi connectivity index (χ1v) is 7.01. The molecule has 0 aliphatic heterocycles. The maximum absolute atomic E-state index is 11.9. The molecule has 0 bridgehead atoms. The fourth-order valence-corrected chi connectivity index (χ4v) is 1.67. The van der Waals surface area contributed by atoms with Crippen LogP contribution in [0.5, 0.6) is 0 Å². The van der Waals surface area contributed by atoms with Gasteiger partial charge in [0.1, 0.15) is 0 Å². The van der Waals surface area contributed by atoms with Crippen LogP contribution in [0.15, 0.2) is 24.3 Å². The third-order valence-electron chi connectivity index (χ3n) is 2.76. The molecule has 6 heteroatoms. The minimum absolute atomic E-state index is 0.204. The van der Waals surface area contributed by atoms with Crippen molar-refractivity contribution < 1.29 is 4.79 Å². The lowest BCUT2D eigenvalue weighted by Gasteiger charge is -2.14. The minimum atomic E-state index is -0.204. The SMILES string of the molecule is CCc1ccc(C(=O)NNC(=S)NCCN(C)C)cc1. The van der Waals surface area contributed by atoms with Crippen LogP contribution in [-0.2, 0) is 6.42 Å². The molecule has 0 aromatic heterocycles. The van der Waals surface area contributed by atoms with E-state index in [0.29, 0.717) is 10.7 Å². The lowest BCUT2D eigenvalue weighted by atomic mass is 10.1. The molecule has 0 saturated heterocycles. The molecule has 110 valence electrons. The number of hydrogen-bond acceptors (Lipinski definition) is 3. The van der Waals surface area contributed by atoms with E-state index in [1.165, 1.54) is 5.56 Å². The van der Waals surface area contributed by atoms with E-state index in [-0.39, 0.29) is 5.91 Å². The Balaban J connectivity index is 2.33. The van der Waals surface area contributed by atoms with E-state index in [1.54, 1.807) is 12.1 Å². The van der Waals surface area contributed by atoms with E-state index in [1.807, 2.05) is 31.1 Å². The fourth-order valence-electron chi connectivity index (χ4n) is 1.51. The highest BCUT2D eigenvalue weighted by Crippen LogP contribution is 2.04. The Hall–Kier alpha value is -1.66. The molecule has 1 amide bonds. The number of rotatable bonds is 5. The average Bonchev–Trinajstić information content (AvgIpc) is 2.44. The highest BCUT2D eigenvalue weighted by molar-refractivity contribution is 7.80. The number of likely N-dealkylation sites (N-methyl/N-ethyl adjacent to an activating group) is 1. The minimum Gasteiger partial charge on any atom is -0.360 e. The number of amides is 1. The zero-order valence-electron chi connectivity index (χ0n) is 12.2. The molecule has 1 aromatic rings. The maximum Gasteiger partial charge on any atom is 0.269 e. The molecule has 3 N–H and O–H groups in total. The number of thiocarbonyl (C=S) groups is 1. The summed E-state index contributed by atoms with van der Waals surface area (Å²) in [7, 11) is 3.97. The molecule has 0 heterocycles. The van der Waals surface area contributed by atoms with Gasteiger partial charge in [-0.15, -0.1) is 0 Å². The van der Waals surface area contributed by atoms with E-state index >= 15 is 0 Å². The second kappa shape index (κ2) is 8.50. The standard InChI is InChI=1S/C14H22N4OS/c1-4-11-5-7-12(8-6-11)13(19)16-17-14(20)15-9-10-18(2)3/h5-8H,4,9-10H2,1-3H3,(H,16,19)(H2,15,17,20). The molecule has 0 saturated carbocycles. The lowest BCUT2D eigenvalue weighted by molar-refractivity contribution is 0.0943. The van der Waals surface area contributed by atoms with Crippen LogP contribution in [0.3, 0.4) is 0 Å². The van der Waals surface area contributed by atoms with Crippen molar-refractivity contribution in [3.8, 4) is 0 Å². The van der Waals surface area contributed by atoms with Crippen molar-refractivity contribution in [2.75, 3.05) is 27.2 Å². The Morgan fingerprint density at radius 3 is 2.40 bits per heavy atom. The molecule has 0 aliphatic rings. The van der Waals surface area contributed by atoms with E-state index in [0.717, 1.165) is 19.5 Å². The average molecular weight is 294 g/mol. The van der Waals surface area contributed by atoms with Crippen molar-refractivity contribution in [1.29, 1.82) is 0 Å². The summed E-state index contributed by atoms with van der Waals surface area (Å²) in [6.07, 6.45) is 0.958. The van der Waals surface area contributed by atoms with Crippen LogP contribution in [-0.4, -0.2) is 43.1 Å². The van der Waals surface area contributed by atoms with Crippen molar-refractivity contribution in [2.24, 2.45) is 0 Å². The number of nitrogens with one attached hydrogen (secondary N) is 3. The van der Waals surface area contributed by atoms with E-state index < -0.39 is 0 Å². The van der Waals surface area contributed by atoms with Crippen molar-refractivity contribution in [3.05, 3.63) is 35.4 Å². The molecule has 20 heavy (non-hydrogen) atoms. The number of hydrazine groups is 1.